The van der Waals surface area contributed by atoms with Gasteiger partial charge in [-0.2, -0.15) is 0 Å². The van der Waals surface area contributed by atoms with Gasteiger partial charge < -0.3 is 14.2 Å². The van der Waals surface area contributed by atoms with Gasteiger partial charge in [0.05, 0.1) is 19.4 Å². The van der Waals surface area contributed by atoms with Crippen LogP contribution in [0.5, 0.6) is 11.5 Å². The van der Waals surface area contributed by atoms with E-state index >= 15 is 0 Å². The molecule has 1 heterocycles. The molecule has 144 valence electrons. The van der Waals surface area contributed by atoms with Crippen LogP contribution in [0.1, 0.15) is 32.3 Å². The number of amides is 1. The molecule has 2 aromatic rings. The zero-order valence-electron chi connectivity index (χ0n) is 15.9. The van der Waals surface area contributed by atoms with E-state index in [1.807, 2.05) is 55.9 Å². The van der Waals surface area contributed by atoms with Crippen molar-refractivity contribution in [3.05, 3.63) is 48.0 Å². The number of carbonyl (C=O) groups excluding carboxylic acids is 1. The molecule has 0 saturated heterocycles. The fourth-order valence-electron chi connectivity index (χ4n) is 2.90. The van der Waals surface area contributed by atoms with Crippen LogP contribution in [0.25, 0.3) is 0 Å². The van der Waals surface area contributed by atoms with Crippen LogP contribution >= 0.6 is 11.8 Å². The van der Waals surface area contributed by atoms with Gasteiger partial charge in [0.1, 0.15) is 17.1 Å². The molecule has 1 aliphatic heterocycles. The first-order valence-electron chi connectivity index (χ1n) is 9.02. The third-order valence-electron chi connectivity index (χ3n) is 4.36. The number of rotatable bonds is 8. The number of hydrogen-bond donors (Lipinski definition) is 1. The Labute approximate surface area is 164 Å². The number of unbranched alkanes of at least 4 members (excludes halogenated alkanes) is 1. The minimum Gasteiger partial charge on any atom is -0.497 e. The second-order valence-corrected chi connectivity index (χ2v) is 7.98. The van der Waals surface area contributed by atoms with Crippen molar-refractivity contribution in [3.8, 4) is 11.5 Å². The summed E-state index contributed by atoms with van der Waals surface area (Å²) in [6, 6.07) is 13.8. The van der Waals surface area contributed by atoms with Gasteiger partial charge in [0.15, 0.2) is 0 Å². The van der Waals surface area contributed by atoms with Crippen molar-refractivity contribution in [2.75, 3.05) is 24.8 Å². The summed E-state index contributed by atoms with van der Waals surface area (Å²) in [4.78, 5) is 12.8. The number of thioether (sulfide) groups is 1. The van der Waals surface area contributed by atoms with Crippen molar-refractivity contribution in [1.82, 2.24) is 0 Å². The summed E-state index contributed by atoms with van der Waals surface area (Å²) < 4.78 is 16.4. The Kier molecular flexibility index (Phi) is 6.16. The van der Waals surface area contributed by atoms with E-state index in [0.717, 1.165) is 41.3 Å². The normalized spacial score (nSPS) is 14.7. The van der Waals surface area contributed by atoms with Gasteiger partial charge in [0.2, 0.25) is 0 Å². The van der Waals surface area contributed by atoms with Gasteiger partial charge in [0, 0.05) is 10.5 Å². The van der Waals surface area contributed by atoms with E-state index in [4.69, 9.17) is 14.2 Å². The lowest BCUT2D eigenvalue weighted by Gasteiger charge is -2.32. The molecule has 0 fully saturated rings. The maximum absolute atomic E-state index is 11.6. The van der Waals surface area contributed by atoms with Gasteiger partial charge in [-0.05, 0) is 74.9 Å². The standard InChI is InChI=1S/C21H25NO4S/c1-21(2)18-14-16(8-11-19(18)22-20(23)26-21)25-12-4-5-13-27-17-9-6-15(24-3)7-10-17/h6-11,14H,4-5,12-13H2,1-3H3,(H,22,23). The first kappa shape index (κ1) is 19.4. The van der Waals surface area contributed by atoms with E-state index in [9.17, 15) is 4.79 Å². The number of cyclic esters (lactones) is 1. The molecule has 2 aromatic carbocycles. The monoisotopic (exact) mass is 387 g/mol. The number of nitrogens with one attached hydrogen (secondary N) is 1. The Balaban J connectivity index is 1.42. The SMILES string of the molecule is COc1ccc(SCCCCOc2ccc3c(c2)C(C)(C)OC(=O)N3)cc1. The Bertz CT molecular complexity index is 789. The van der Waals surface area contributed by atoms with Crippen LogP contribution in [-0.4, -0.2) is 25.6 Å². The largest absolute Gasteiger partial charge is 0.497 e. The summed E-state index contributed by atoms with van der Waals surface area (Å²) >= 11 is 1.84. The third-order valence-corrected chi connectivity index (χ3v) is 5.46. The summed E-state index contributed by atoms with van der Waals surface area (Å²) in [7, 11) is 1.68. The van der Waals surface area contributed by atoms with Crippen molar-refractivity contribution in [2.45, 2.75) is 37.2 Å². The molecule has 0 unspecified atom stereocenters. The summed E-state index contributed by atoms with van der Waals surface area (Å²) in [6.07, 6.45) is 1.64. The predicted octanol–water partition coefficient (Wildman–Crippen LogP) is 5.44. The lowest BCUT2D eigenvalue weighted by Crippen LogP contribution is -2.34. The van der Waals surface area contributed by atoms with Crippen molar-refractivity contribution in [3.63, 3.8) is 0 Å². The highest BCUT2D eigenvalue weighted by Gasteiger charge is 2.33. The fraction of sp³-hybridized carbons (Fsp3) is 0.381. The minimum absolute atomic E-state index is 0.421. The predicted molar refractivity (Wildman–Crippen MR) is 108 cm³/mol. The lowest BCUT2D eigenvalue weighted by molar-refractivity contribution is 0.0418. The first-order valence-corrected chi connectivity index (χ1v) is 10.0. The molecule has 0 radical (unpaired) electrons. The van der Waals surface area contributed by atoms with Crippen molar-refractivity contribution >= 4 is 23.5 Å². The van der Waals surface area contributed by atoms with Crippen LogP contribution in [0.15, 0.2) is 47.4 Å². The zero-order valence-corrected chi connectivity index (χ0v) is 16.7. The van der Waals surface area contributed by atoms with E-state index in [0.29, 0.717) is 6.61 Å². The Morgan fingerprint density at radius 2 is 1.81 bits per heavy atom. The number of fused-ring (bicyclic) bond motifs is 1. The van der Waals surface area contributed by atoms with E-state index in [1.165, 1.54) is 4.90 Å². The molecule has 5 nitrogen and oxygen atoms in total. The van der Waals surface area contributed by atoms with Gasteiger partial charge in [-0.3, -0.25) is 5.32 Å². The minimum atomic E-state index is -0.661. The lowest BCUT2D eigenvalue weighted by atomic mass is 9.94. The highest BCUT2D eigenvalue weighted by atomic mass is 32.2. The average Bonchev–Trinajstić information content (AvgIpc) is 2.64. The molecule has 6 heteroatoms. The molecule has 1 amide bonds. The molecular formula is C21H25NO4S. The number of methoxy groups -OCH3 is 1. The Morgan fingerprint density at radius 1 is 1.07 bits per heavy atom. The third kappa shape index (κ3) is 5.10. The molecule has 0 aliphatic carbocycles. The molecular weight excluding hydrogens is 362 g/mol. The van der Waals surface area contributed by atoms with E-state index in [2.05, 4.69) is 17.4 Å². The van der Waals surface area contributed by atoms with E-state index < -0.39 is 11.7 Å². The molecule has 27 heavy (non-hydrogen) atoms. The molecule has 0 saturated carbocycles. The van der Waals surface area contributed by atoms with Crippen molar-refractivity contribution < 1.29 is 19.0 Å². The molecule has 3 rings (SSSR count). The second-order valence-electron chi connectivity index (χ2n) is 6.81. The quantitative estimate of drug-likeness (QED) is 0.482. The average molecular weight is 388 g/mol. The van der Waals surface area contributed by atoms with Crippen molar-refractivity contribution in [2.24, 2.45) is 0 Å². The van der Waals surface area contributed by atoms with Crippen LogP contribution in [0.4, 0.5) is 10.5 Å². The highest BCUT2D eigenvalue weighted by molar-refractivity contribution is 7.99. The summed E-state index contributed by atoms with van der Waals surface area (Å²) in [5, 5.41) is 2.72. The summed E-state index contributed by atoms with van der Waals surface area (Å²) in [5.41, 5.74) is 1.04. The number of carbonyl (C=O) groups is 1. The topological polar surface area (TPSA) is 56.8 Å². The van der Waals surface area contributed by atoms with E-state index in [-0.39, 0.29) is 0 Å². The molecule has 0 atom stereocenters. The maximum Gasteiger partial charge on any atom is 0.412 e. The number of anilines is 1. The van der Waals surface area contributed by atoms with Crippen molar-refractivity contribution in [1.29, 1.82) is 0 Å². The number of benzene rings is 2. The summed E-state index contributed by atoms with van der Waals surface area (Å²) in [5.74, 6) is 2.72. The molecule has 0 bridgehead atoms. The Hall–Kier alpha value is -2.34. The molecule has 0 spiro atoms. The van der Waals surface area contributed by atoms with E-state index in [1.54, 1.807) is 7.11 Å². The first-order chi connectivity index (χ1) is 13.0. The Morgan fingerprint density at radius 3 is 2.56 bits per heavy atom. The van der Waals surface area contributed by atoms with Gasteiger partial charge >= 0.3 is 6.09 Å². The van der Waals surface area contributed by atoms with Crippen LogP contribution < -0.4 is 14.8 Å². The highest BCUT2D eigenvalue weighted by Crippen LogP contribution is 2.37. The fourth-order valence-corrected chi connectivity index (χ4v) is 3.81. The smallest absolute Gasteiger partial charge is 0.412 e. The molecule has 0 aromatic heterocycles. The van der Waals surface area contributed by atoms with Gasteiger partial charge in [0.25, 0.3) is 0 Å². The van der Waals surface area contributed by atoms with Crippen LogP contribution in [0.3, 0.4) is 0 Å². The summed E-state index contributed by atoms with van der Waals surface area (Å²) in [6.45, 7) is 4.42. The number of ether oxygens (including phenoxy) is 3. The van der Waals surface area contributed by atoms with Crippen LogP contribution in [0, 0.1) is 0 Å². The van der Waals surface area contributed by atoms with Gasteiger partial charge in [-0.15, -0.1) is 11.8 Å². The number of hydrogen-bond acceptors (Lipinski definition) is 5. The van der Waals surface area contributed by atoms with Crippen LogP contribution in [0.2, 0.25) is 0 Å². The van der Waals surface area contributed by atoms with Gasteiger partial charge in [-0.25, -0.2) is 4.79 Å². The zero-order chi connectivity index (χ0) is 19.3. The maximum atomic E-state index is 11.6. The van der Waals surface area contributed by atoms with Crippen LogP contribution in [-0.2, 0) is 10.3 Å². The molecule has 1 aliphatic rings. The second kappa shape index (κ2) is 8.57. The van der Waals surface area contributed by atoms with Gasteiger partial charge in [-0.1, -0.05) is 0 Å². The molecule has 1 N–H and O–H groups in total.